The maximum absolute atomic E-state index is 12.7. The van der Waals surface area contributed by atoms with Gasteiger partial charge in [0.05, 0.1) is 5.56 Å². The minimum atomic E-state index is -4.70. The molecule has 2 fully saturated rings. The number of nitrogens with one attached hydrogen (secondary N) is 1. The van der Waals surface area contributed by atoms with Crippen LogP contribution in [0.1, 0.15) is 16.7 Å². The second-order valence-electron chi connectivity index (χ2n) is 8.21. The molecule has 1 aliphatic carbocycles. The lowest BCUT2D eigenvalue weighted by molar-refractivity contribution is -0.274. The van der Waals surface area contributed by atoms with Crippen LogP contribution in [0.5, 0.6) is 5.75 Å². The van der Waals surface area contributed by atoms with E-state index in [0.717, 1.165) is 42.9 Å². The van der Waals surface area contributed by atoms with Crippen LogP contribution in [0.3, 0.4) is 0 Å². The molecular weight excluding hydrogens is 422 g/mol. The highest BCUT2D eigenvalue weighted by atomic mass is 19.4. The van der Waals surface area contributed by atoms with Gasteiger partial charge in [-0.15, -0.1) is 13.2 Å². The number of likely N-dealkylation sites (tertiary alicyclic amines) is 1. The van der Waals surface area contributed by atoms with E-state index in [4.69, 9.17) is 0 Å². The minimum absolute atomic E-state index is 0.228. The Labute approximate surface area is 176 Å². The van der Waals surface area contributed by atoms with Gasteiger partial charge in [0.2, 0.25) is 0 Å². The van der Waals surface area contributed by atoms with Crippen molar-refractivity contribution in [2.45, 2.75) is 25.6 Å². The normalized spacial score (nSPS) is 23.6. The van der Waals surface area contributed by atoms with Gasteiger partial charge in [-0.2, -0.15) is 13.2 Å². The van der Waals surface area contributed by atoms with Crippen molar-refractivity contribution in [3.05, 3.63) is 65.2 Å². The molecule has 0 spiro atoms. The lowest BCUT2D eigenvalue weighted by Gasteiger charge is -2.20. The van der Waals surface area contributed by atoms with E-state index < -0.39 is 18.1 Å². The summed E-state index contributed by atoms with van der Waals surface area (Å²) in [5.74, 6) is 1.41. The number of nitrogens with zero attached hydrogens (tertiary/aromatic N) is 1. The minimum Gasteiger partial charge on any atom is -0.406 e. The van der Waals surface area contributed by atoms with Crippen molar-refractivity contribution in [3.63, 3.8) is 0 Å². The van der Waals surface area contributed by atoms with Crippen molar-refractivity contribution in [2.24, 2.45) is 17.8 Å². The summed E-state index contributed by atoms with van der Waals surface area (Å²) in [6.07, 6.45) is -9.02. The van der Waals surface area contributed by atoms with Crippen LogP contribution < -0.4 is 10.1 Å². The van der Waals surface area contributed by atoms with Gasteiger partial charge >= 0.3 is 12.5 Å². The standard InChI is InChI=1S/C22H22F6N2O/c23-21(24,25)16-6-4-14(5-7-16)11-30-12-19-18(20(19)13-30)10-29-9-15-2-1-3-17(8-15)31-22(26,27)28/h1-8,18-20,29H,9-13H2. The van der Waals surface area contributed by atoms with Gasteiger partial charge in [-0.3, -0.25) is 4.90 Å². The molecular formula is C22H22F6N2O. The molecule has 3 nitrogen and oxygen atoms in total. The maximum Gasteiger partial charge on any atom is 0.573 e. The average molecular weight is 444 g/mol. The molecule has 0 radical (unpaired) electrons. The van der Waals surface area contributed by atoms with E-state index in [1.54, 1.807) is 6.07 Å². The van der Waals surface area contributed by atoms with Crippen LogP contribution in [0, 0.1) is 17.8 Å². The first kappa shape index (κ1) is 22.0. The smallest absolute Gasteiger partial charge is 0.406 e. The Balaban J connectivity index is 1.18. The zero-order chi connectivity index (χ0) is 22.2. The third-order valence-corrected chi connectivity index (χ3v) is 5.98. The van der Waals surface area contributed by atoms with Crippen molar-refractivity contribution < 1.29 is 31.1 Å². The molecule has 1 saturated carbocycles. The number of halogens is 6. The van der Waals surface area contributed by atoms with Gasteiger partial charge < -0.3 is 10.1 Å². The van der Waals surface area contributed by atoms with Gasteiger partial charge in [-0.25, -0.2) is 0 Å². The van der Waals surface area contributed by atoms with Crippen LogP contribution in [-0.2, 0) is 19.3 Å². The maximum atomic E-state index is 12.7. The summed E-state index contributed by atoms with van der Waals surface area (Å²) >= 11 is 0. The van der Waals surface area contributed by atoms with E-state index in [0.29, 0.717) is 30.8 Å². The molecule has 0 aromatic heterocycles. The summed E-state index contributed by atoms with van der Waals surface area (Å²) in [6, 6.07) is 11.2. The Hall–Kier alpha value is -2.26. The number of hydrogen-bond acceptors (Lipinski definition) is 3. The van der Waals surface area contributed by atoms with E-state index in [-0.39, 0.29) is 5.75 Å². The van der Waals surface area contributed by atoms with Gasteiger partial charge in [0.1, 0.15) is 5.75 Å². The van der Waals surface area contributed by atoms with E-state index in [2.05, 4.69) is 15.0 Å². The summed E-state index contributed by atoms with van der Waals surface area (Å²) in [5, 5.41) is 3.31. The quantitative estimate of drug-likeness (QED) is 0.604. The molecule has 2 aliphatic rings. The lowest BCUT2D eigenvalue weighted by atomic mass is 10.1. The Kier molecular flexibility index (Phi) is 5.91. The van der Waals surface area contributed by atoms with E-state index >= 15 is 0 Å². The zero-order valence-electron chi connectivity index (χ0n) is 16.5. The fraction of sp³-hybridized carbons (Fsp3) is 0.455. The summed E-state index contributed by atoms with van der Waals surface area (Å²) < 4.78 is 78.8. The van der Waals surface area contributed by atoms with Crippen molar-refractivity contribution in [3.8, 4) is 5.75 Å². The van der Waals surface area contributed by atoms with Gasteiger partial charge in [0, 0.05) is 26.2 Å². The largest absolute Gasteiger partial charge is 0.573 e. The first-order chi connectivity index (χ1) is 14.6. The average Bonchev–Trinajstić information content (AvgIpc) is 3.12. The number of ether oxygens (including phenoxy) is 1. The highest BCUT2D eigenvalue weighted by molar-refractivity contribution is 5.28. The van der Waals surface area contributed by atoms with Gasteiger partial charge in [-0.05, 0) is 59.7 Å². The van der Waals surface area contributed by atoms with Crippen LogP contribution in [0.15, 0.2) is 48.5 Å². The zero-order valence-corrected chi connectivity index (χ0v) is 16.5. The van der Waals surface area contributed by atoms with Crippen molar-refractivity contribution in [1.29, 1.82) is 0 Å². The van der Waals surface area contributed by atoms with Crippen LogP contribution in [0.4, 0.5) is 26.3 Å². The van der Waals surface area contributed by atoms with Crippen LogP contribution >= 0.6 is 0 Å². The van der Waals surface area contributed by atoms with Gasteiger partial charge in [0.15, 0.2) is 0 Å². The van der Waals surface area contributed by atoms with E-state index in [1.807, 2.05) is 0 Å². The number of piperidine rings is 1. The van der Waals surface area contributed by atoms with Gasteiger partial charge in [0.25, 0.3) is 0 Å². The molecule has 1 heterocycles. The van der Waals surface area contributed by atoms with E-state index in [1.165, 1.54) is 30.3 Å². The fourth-order valence-electron chi connectivity index (χ4n) is 4.46. The molecule has 2 atom stereocenters. The van der Waals surface area contributed by atoms with Gasteiger partial charge in [-0.1, -0.05) is 24.3 Å². The second kappa shape index (κ2) is 8.35. The molecule has 2 unspecified atom stereocenters. The van der Waals surface area contributed by atoms with Crippen molar-refractivity contribution in [1.82, 2.24) is 10.2 Å². The third kappa shape index (κ3) is 5.71. The highest BCUT2D eigenvalue weighted by Crippen LogP contribution is 2.51. The Morgan fingerprint density at radius 1 is 0.903 bits per heavy atom. The molecule has 1 saturated heterocycles. The topological polar surface area (TPSA) is 24.5 Å². The first-order valence-electron chi connectivity index (χ1n) is 10.0. The summed E-state index contributed by atoms with van der Waals surface area (Å²) in [6.45, 7) is 3.70. The molecule has 0 amide bonds. The molecule has 1 aliphatic heterocycles. The first-order valence-corrected chi connectivity index (χ1v) is 10.0. The SMILES string of the molecule is FC(F)(F)Oc1cccc(CNCC2C3CN(Cc4ccc(C(F)(F)F)cc4)CC23)c1. The molecule has 2 aromatic carbocycles. The molecule has 9 heteroatoms. The third-order valence-electron chi connectivity index (χ3n) is 5.98. The monoisotopic (exact) mass is 444 g/mol. The summed E-state index contributed by atoms with van der Waals surface area (Å²) in [4.78, 5) is 2.26. The molecule has 168 valence electrons. The molecule has 31 heavy (non-hydrogen) atoms. The highest BCUT2D eigenvalue weighted by Gasteiger charge is 2.54. The number of hydrogen-bond donors (Lipinski definition) is 1. The number of alkyl halides is 6. The van der Waals surface area contributed by atoms with Crippen LogP contribution in [-0.4, -0.2) is 30.9 Å². The molecule has 4 rings (SSSR count). The fourth-order valence-corrected chi connectivity index (χ4v) is 4.46. The predicted octanol–water partition coefficient (Wildman–Crippen LogP) is 5.07. The van der Waals surface area contributed by atoms with E-state index in [9.17, 15) is 26.3 Å². The second-order valence-corrected chi connectivity index (χ2v) is 8.21. The van der Waals surface area contributed by atoms with Crippen LogP contribution in [0.25, 0.3) is 0 Å². The Bertz CT molecular complexity index is 884. The number of rotatable bonds is 7. The summed E-state index contributed by atoms with van der Waals surface area (Å²) in [7, 11) is 0. The number of fused-ring (bicyclic) bond motifs is 1. The summed E-state index contributed by atoms with van der Waals surface area (Å²) in [5.41, 5.74) is 0.948. The van der Waals surface area contributed by atoms with Crippen molar-refractivity contribution >= 4 is 0 Å². The Morgan fingerprint density at radius 3 is 2.19 bits per heavy atom. The van der Waals surface area contributed by atoms with Crippen LogP contribution in [0.2, 0.25) is 0 Å². The molecule has 0 bridgehead atoms. The molecule has 1 N–H and O–H groups in total. The lowest BCUT2D eigenvalue weighted by Crippen LogP contribution is -2.27. The predicted molar refractivity (Wildman–Crippen MR) is 102 cm³/mol. The number of benzene rings is 2. The Morgan fingerprint density at radius 2 is 1.58 bits per heavy atom. The van der Waals surface area contributed by atoms with Crippen molar-refractivity contribution in [2.75, 3.05) is 19.6 Å². The molecule has 2 aromatic rings.